The minimum Gasteiger partial charge on any atom is -0.369 e. The average Bonchev–Trinajstić information content (AvgIpc) is 2.41. The maximum atomic E-state index is 12.6. The lowest BCUT2D eigenvalue weighted by atomic mass is 9.98. The van der Waals surface area contributed by atoms with Gasteiger partial charge in [0.05, 0.1) is 4.90 Å². The van der Waals surface area contributed by atoms with E-state index in [1.807, 2.05) is 6.07 Å². The second-order valence-corrected chi connectivity index (χ2v) is 7.81. The van der Waals surface area contributed by atoms with Crippen molar-refractivity contribution in [1.29, 1.82) is 0 Å². The van der Waals surface area contributed by atoms with Crippen molar-refractivity contribution in [2.24, 2.45) is 11.7 Å². The van der Waals surface area contributed by atoms with Crippen LogP contribution >= 0.6 is 15.9 Å². The van der Waals surface area contributed by atoms with Crippen molar-refractivity contribution < 1.29 is 13.2 Å². The predicted molar refractivity (Wildman–Crippen MR) is 79.6 cm³/mol. The number of carbonyl (C=O) groups excluding carboxylic acids is 1. The molecule has 1 aliphatic rings. The zero-order chi connectivity index (χ0) is 14.9. The summed E-state index contributed by atoms with van der Waals surface area (Å²) in [6, 6.07) is 5.20. The highest BCUT2D eigenvalue weighted by Gasteiger charge is 2.32. The Bertz CT molecular complexity index is 623. The molecule has 5 nitrogen and oxygen atoms in total. The van der Waals surface area contributed by atoms with E-state index in [9.17, 15) is 13.2 Å². The van der Waals surface area contributed by atoms with Crippen LogP contribution in [-0.2, 0) is 14.8 Å². The Morgan fingerprint density at radius 2 is 1.95 bits per heavy atom. The standard InChI is InChI=1S/C13H17BrN2O3S/c1-9-2-3-11(14)8-12(9)20(18,19)16-6-4-10(5-7-16)13(15)17/h2-3,8,10H,4-7H2,1H3,(H2,15,17). The van der Waals surface area contributed by atoms with Crippen molar-refractivity contribution in [2.75, 3.05) is 13.1 Å². The Balaban J connectivity index is 2.24. The minimum atomic E-state index is -3.51. The van der Waals surface area contributed by atoms with Crippen LogP contribution in [0.1, 0.15) is 18.4 Å². The number of piperidine rings is 1. The summed E-state index contributed by atoms with van der Waals surface area (Å²) in [5.41, 5.74) is 5.98. The molecule has 1 amide bonds. The van der Waals surface area contributed by atoms with Crippen molar-refractivity contribution in [1.82, 2.24) is 4.31 Å². The van der Waals surface area contributed by atoms with Gasteiger partial charge in [-0.05, 0) is 37.5 Å². The molecule has 0 saturated carbocycles. The third kappa shape index (κ3) is 3.05. The summed E-state index contributed by atoms with van der Waals surface area (Å²) in [6.07, 6.45) is 0.975. The Morgan fingerprint density at radius 3 is 2.50 bits per heavy atom. The second-order valence-electron chi connectivity index (χ2n) is 4.99. The van der Waals surface area contributed by atoms with Crippen LogP contribution in [0.3, 0.4) is 0 Å². The highest BCUT2D eigenvalue weighted by atomic mass is 79.9. The zero-order valence-corrected chi connectivity index (χ0v) is 13.6. The summed E-state index contributed by atoms with van der Waals surface area (Å²) in [7, 11) is -3.51. The molecule has 2 rings (SSSR count). The number of aryl methyl sites for hydroxylation is 1. The first-order chi connectivity index (χ1) is 9.32. The number of rotatable bonds is 3. The number of halogens is 1. The van der Waals surface area contributed by atoms with Gasteiger partial charge in [-0.3, -0.25) is 4.79 Å². The van der Waals surface area contributed by atoms with Crippen LogP contribution in [0.4, 0.5) is 0 Å². The number of carbonyl (C=O) groups is 1. The lowest BCUT2D eigenvalue weighted by molar-refractivity contribution is -0.122. The maximum Gasteiger partial charge on any atom is 0.243 e. The summed E-state index contributed by atoms with van der Waals surface area (Å²) in [5.74, 6) is -0.564. The lowest BCUT2D eigenvalue weighted by Crippen LogP contribution is -2.41. The number of primary amides is 1. The van der Waals surface area contributed by atoms with E-state index in [0.29, 0.717) is 36.4 Å². The van der Waals surface area contributed by atoms with Gasteiger partial charge in [-0.1, -0.05) is 22.0 Å². The van der Waals surface area contributed by atoms with Crippen LogP contribution in [0.15, 0.2) is 27.6 Å². The Labute approximate surface area is 127 Å². The van der Waals surface area contributed by atoms with Crippen molar-refractivity contribution in [3.63, 3.8) is 0 Å². The molecule has 0 bridgehead atoms. The highest BCUT2D eigenvalue weighted by Crippen LogP contribution is 2.27. The summed E-state index contributed by atoms with van der Waals surface area (Å²) in [6.45, 7) is 2.44. The number of nitrogens with two attached hydrogens (primary N) is 1. The maximum absolute atomic E-state index is 12.6. The predicted octanol–water partition coefficient (Wildman–Crippen LogP) is 1.64. The minimum absolute atomic E-state index is 0.218. The van der Waals surface area contributed by atoms with E-state index in [0.717, 1.165) is 4.47 Å². The molecule has 1 aromatic rings. The molecule has 0 atom stereocenters. The first kappa shape index (κ1) is 15.5. The molecule has 1 heterocycles. The molecule has 0 aromatic heterocycles. The fraction of sp³-hybridized carbons (Fsp3) is 0.462. The topological polar surface area (TPSA) is 80.5 Å². The SMILES string of the molecule is Cc1ccc(Br)cc1S(=O)(=O)N1CCC(C(N)=O)CC1. The molecule has 1 fully saturated rings. The first-order valence-corrected chi connectivity index (χ1v) is 8.61. The summed E-state index contributed by atoms with van der Waals surface area (Å²) < 4.78 is 27.4. The fourth-order valence-corrected chi connectivity index (χ4v) is 4.60. The molecule has 7 heteroatoms. The van der Waals surface area contributed by atoms with Crippen LogP contribution in [0.5, 0.6) is 0 Å². The molecular formula is C13H17BrN2O3S. The van der Waals surface area contributed by atoms with Crippen LogP contribution in [0.25, 0.3) is 0 Å². The molecule has 110 valence electrons. The van der Waals surface area contributed by atoms with Gasteiger partial charge in [-0.15, -0.1) is 0 Å². The normalized spacial score (nSPS) is 18.1. The molecule has 2 N–H and O–H groups in total. The van der Waals surface area contributed by atoms with Gasteiger partial charge < -0.3 is 5.73 Å². The van der Waals surface area contributed by atoms with Crippen molar-refractivity contribution in [3.8, 4) is 0 Å². The molecule has 1 aliphatic heterocycles. The summed E-state index contributed by atoms with van der Waals surface area (Å²) in [5, 5.41) is 0. The van der Waals surface area contributed by atoms with E-state index in [4.69, 9.17) is 5.73 Å². The van der Waals surface area contributed by atoms with Crippen LogP contribution in [0.2, 0.25) is 0 Å². The van der Waals surface area contributed by atoms with Crippen LogP contribution < -0.4 is 5.73 Å². The van der Waals surface area contributed by atoms with Crippen molar-refractivity contribution in [2.45, 2.75) is 24.7 Å². The molecule has 1 aromatic carbocycles. The average molecular weight is 361 g/mol. The first-order valence-electron chi connectivity index (χ1n) is 6.38. The van der Waals surface area contributed by atoms with Gasteiger partial charge in [0.2, 0.25) is 15.9 Å². The summed E-state index contributed by atoms with van der Waals surface area (Å²) in [4.78, 5) is 11.4. The number of benzene rings is 1. The zero-order valence-electron chi connectivity index (χ0n) is 11.2. The largest absolute Gasteiger partial charge is 0.369 e. The number of sulfonamides is 1. The molecule has 20 heavy (non-hydrogen) atoms. The van der Waals surface area contributed by atoms with Gasteiger partial charge in [-0.2, -0.15) is 4.31 Å². The smallest absolute Gasteiger partial charge is 0.243 e. The Hall–Kier alpha value is -0.920. The number of hydrogen-bond acceptors (Lipinski definition) is 3. The number of nitrogens with zero attached hydrogens (tertiary/aromatic N) is 1. The highest BCUT2D eigenvalue weighted by molar-refractivity contribution is 9.10. The Kier molecular flexibility index (Phi) is 4.51. The summed E-state index contributed by atoms with van der Waals surface area (Å²) >= 11 is 3.30. The van der Waals surface area contributed by atoms with E-state index in [-0.39, 0.29) is 11.8 Å². The van der Waals surface area contributed by atoms with Gasteiger partial charge in [0, 0.05) is 23.5 Å². The third-order valence-electron chi connectivity index (χ3n) is 3.62. The van der Waals surface area contributed by atoms with Crippen molar-refractivity contribution >= 4 is 31.9 Å². The van der Waals surface area contributed by atoms with Crippen molar-refractivity contribution in [3.05, 3.63) is 28.2 Å². The van der Waals surface area contributed by atoms with E-state index < -0.39 is 10.0 Å². The lowest BCUT2D eigenvalue weighted by Gasteiger charge is -2.30. The van der Waals surface area contributed by atoms with Gasteiger partial charge >= 0.3 is 0 Å². The molecule has 0 spiro atoms. The van der Waals surface area contributed by atoms with Gasteiger partial charge in [-0.25, -0.2) is 8.42 Å². The van der Waals surface area contributed by atoms with Crippen LogP contribution in [0, 0.1) is 12.8 Å². The van der Waals surface area contributed by atoms with Gasteiger partial charge in [0.15, 0.2) is 0 Å². The number of amides is 1. The quantitative estimate of drug-likeness (QED) is 0.889. The Morgan fingerprint density at radius 1 is 1.35 bits per heavy atom. The molecule has 1 saturated heterocycles. The number of hydrogen-bond donors (Lipinski definition) is 1. The van der Waals surface area contributed by atoms with Gasteiger partial charge in [0.25, 0.3) is 0 Å². The van der Waals surface area contributed by atoms with E-state index in [1.165, 1.54) is 4.31 Å². The van der Waals surface area contributed by atoms with E-state index in [2.05, 4.69) is 15.9 Å². The molecular weight excluding hydrogens is 344 g/mol. The fourth-order valence-electron chi connectivity index (χ4n) is 2.37. The molecule has 0 aliphatic carbocycles. The second kappa shape index (κ2) is 5.83. The van der Waals surface area contributed by atoms with Gasteiger partial charge in [0.1, 0.15) is 0 Å². The monoisotopic (exact) mass is 360 g/mol. The molecule has 0 unspecified atom stereocenters. The third-order valence-corrected chi connectivity index (χ3v) is 6.16. The van der Waals surface area contributed by atoms with E-state index >= 15 is 0 Å². The van der Waals surface area contributed by atoms with Crippen LogP contribution in [-0.4, -0.2) is 31.7 Å². The molecule has 0 radical (unpaired) electrons. The van der Waals surface area contributed by atoms with E-state index in [1.54, 1.807) is 19.1 Å².